The highest BCUT2D eigenvalue weighted by molar-refractivity contribution is 6.35. The lowest BCUT2D eigenvalue weighted by Crippen LogP contribution is -2.42. The Hall–Kier alpha value is -2.81. The van der Waals surface area contributed by atoms with Crippen molar-refractivity contribution in [1.82, 2.24) is 10.4 Å². The molecule has 1 fully saturated rings. The molecular weight excluding hydrogens is 465 g/mol. The van der Waals surface area contributed by atoms with Gasteiger partial charge in [0.25, 0.3) is 11.8 Å². The van der Waals surface area contributed by atoms with Gasteiger partial charge < -0.3 is 5.32 Å². The van der Waals surface area contributed by atoms with Crippen molar-refractivity contribution in [2.45, 2.75) is 19.9 Å². The standard InChI is InChI=1S/C22H18Cl2F2N2O4/c1-3-28-22(31)18(10-32-28)27-21(30)14-5-4-12(6-11(14)2)19(29)9-17(25)13-7-15(23)20(26)16(24)8-13/h4-9,18H,3,10H2,1-2H3,(H,27,30)/b17-9+. The number of halogens is 4. The highest BCUT2D eigenvalue weighted by Gasteiger charge is 2.33. The molecule has 6 nitrogen and oxygen atoms in total. The van der Waals surface area contributed by atoms with E-state index in [-0.39, 0.29) is 39.2 Å². The molecule has 32 heavy (non-hydrogen) atoms. The van der Waals surface area contributed by atoms with Gasteiger partial charge in [-0.2, -0.15) is 0 Å². The number of hydrogen-bond donors (Lipinski definition) is 1. The van der Waals surface area contributed by atoms with Gasteiger partial charge in [0.05, 0.1) is 10.0 Å². The lowest BCUT2D eigenvalue weighted by atomic mass is 10.0. The molecule has 0 spiro atoms. The number of likely N-dealkylation sites (N-methyl/N-ethyl adjacent to an activating group) is 1. The number of amides is 2. The van der Waals surface area contributed by atoms with Crippen LogP contribution in [0.3, 0.4) is 0 Å². The second-order valence-electron chi connectivity index (χ2n) is 6.99. The molecule has 2 aromatic carbocycles. The van der Waals surface area contributed by atoms with Crippen molar-refractivity contribution < 1.29 is 28.0 Å². The van der Waals surface area contributed by atoms with E-state index in [4.69, 9.17) is 28.0 Å². The molecule has 1 atom stereocenters. The second-order valence-corrected chi connectivity index (χ2v) is 7.81. The minimum atomic E-state index is -0.946. The van der Waals surface area contributed by atoms with Crippen LogP contribution in [0.1, 0.15) is 38.8 Å². The maximum absolute atomic E-state index is 14.5. The topological polar surface area (TPSA) is 75.7 Å². The van der Waals surface area contributed by atoms with Gasteiger partial charge in [-0.05, 0) is 43.7 Å². The molecule has 0 aliphatic carbocycles. The zero-order valence-corrected chi connectivity index (χ0v) is 18.6. The molecule has 1 saturated heterocycles. The Labute approximate surface area is 192 Å². The van der Waals surface area contributed by atoms with E-state index in [1.807, 2.05) is 0 Å². The summed E-state index contributed by atoms with van der Waals surface area (Å²) in [4.78, 5) is 42.3. The molecule has 0 radical (unpaired) electrons. The molecule has 1 heterocycles. The van der Waals surface area contributed by atoms with E-state index in [1.54, 1.807) is 13.8 Å². The summed E-state index contributed by atoms with van der Waals surface area (Å²) in [6.45, 7) is 3.76. The summed E-state index contributed by atoms with van der Waals surface area (Å²) in [5.41, 5.74) is 0.692. The minimum absolute atomic E-state index is 0.0372. The van der Waals surface area contributed by atoms with Crippen LogP contribution >= 0.6 is 23.2 Å². The van der Waals surface area contributed by atoms with Gasteiger partial charge in [-0.15, -0.1) is 0 Å². The molecule has 1 aliphatic heterocycles. The van der Waals surface area contributed by atoms with Crippen molar-refractivity contribution in [3.8, 4) is 0 Å². The summed E-state index contributed by atoms with van der Waals surface area (Å²) < 4.78 is 28.0. The maximum atomic E-state index is 14.5. The number of benzene rings is 2. The van der Waals surface area contributed by atoms with Crippen LogP contribution in [0.4, 0.5) is 8.78 Å². The number of nitrogens with zero attached hydrogens (tertiary/aromatic N) is 1. The van der Waals surface area contributed by atoms with Crippen molar-refractivity contribution in [1.29, 1.82) is 0 Å². The molecular formula is C22H18Cl2F2N2O4. The number of hydrogen-bond acceptors (Lipinski definition) is 4. The van der Waals surface area contributed by atoms with Gasteiger partial charge >= 0.3 is 0 Å². The van der Waals surface area contributed by atoms with Gasteiger partial charge in [-0.3, -0.25) is 19.2 Å². The van der Waals surface area contributed by atoms with Crippen molar-refractivity contribution in [3.63, 3.8) is 0 Å². The monoisotopic (exact) mass is 482 g/mol. The minimum Gasteiger partial charge on any atom is -0.338 e. The fourth-order valence-corrected chi connectivity index (χ4v) is 3.59. The molecule has 10 heteroatoms. The summed E-state index contributed by atoms with van der Waals surface area (Å²) in [6, 6.07) is 5.45. The first-order valence-corrected chi connectivity index (χ1v) is 10.3. The molecule has 2 aromatic rings. The van der Waals surface area contributed by atoms with Crippen molar-refractivity contribution in [2.75, 3.05) is 13.2 Å². The van der Waals surface area contributed by atoms with E-state index in [0.717, 1.165) is 18.2 Å². The van der Waals surface area contributed by atoms with Crippen molar-refractivity contribution in [2.24, 2.45) is 0 Å². The predicted octanol–water partition coefficient (Wildman–Crippen LogP) is 4.53. The molecule has 0 bridgehead atoms. The zero-order chi connectivity index (χ0) is 23.6. The van der Waals surface area contributed by atoms with Gasteiger partial charge in [0, 0.05) is 29.3 Å². The molecule has 168 valence electrons. The summed E-state index contributed by atoms with van der Waals surface area (Å²) in [5, 5.41) is 3.02. The Morgan fingerprint density at radius 2 is 1.88 bits per heavy atom. The van der Waals surface area contributed by atoms with Gasteiger partial charge in [-0.1, -0.05) is 29.3 Å². The molecule has 1 unspecified atom stereocenters. The van der Waals surface area contributed by atoms with Gasteiger partial charge in [0.15, 0.2) is 11.6 Å². The number of carbonyl (C=O) groups excluding carboxylic acids is 3. The average Bonchev–Trinajstić information content (AvgIpc) is 3.10. The summed E-state index contributed by atoms with van der Waals surface area (Å²) in [5.74, 6) is -3.34. The molecule has 0 saturated carbocycles. The number of carbonyl (C=O) groups is 3. The van der Waals surface area contributed by atoms with Crippen LogP contribution in [-0.2, 0) is 9.63 Å². The first-order valence-electron chi connectivity index (χ1n) is 9.54. The first kappa shape index (κ1) is 23.8. The van der Waals surface area contributed by atoms with Crippen LogP contribution in [0.25, 0.3) is 5.83 Å². The normalized spacial score (nSPS) is 16.4. The Balaban J connectivity index is 1.75. The van der Waals surface area contributed by atoms with Crippen LogP contribution in [0, 0.1) is 12.7 Å². The quantitative estimate of drug-likeness (QED) is 0.372. The number of aryl methyl sites for hydroxylation is 1. The van der Waals surface area contributed by atoms with Gasteiger partial charge in [0.1, 0.15) is 18.5 Å². The summed E-state index contributed by atoms with van der Waals surface area (Å²) in [6.07, 6.45) is 0.724. The number of allylic oxidation sites excluding steroid dienone is 1. The van der Waals surface area contributed by atoms with E-state index in [1.165, 1.54) is 23.3 Å². The highest BCUT2D eigenvalue weighted by Crippen LogP contribution is 2.29. The highest BCUT2D eigenvalue weighted by atomic mass is 35.5. The third kappa shape index (κ3) is 4.98. The van der Waals surface area contributed by atoms with Crippen LogP contribution in [0.5, 0.6) is 0 Å². The second kappa shape index (κ2) is 9.77. The van der Waals surface area contributed by atoms with Crippen LogP contribution in [0.2, 0.25) is 10.0 Å². The smallest absolute Gasteiger partial charge is 0.271 e. The third-order valence-electron chi connectivity index (χ3n) is 4.81. The van der Waals surface area contributed by atoms with Crippen molar-refractivity contribution >= 4 is 46.6 Å². The zero-order valence-electron chi connectivity index (χ0n) is 17.0. The Morgan fingerprint density at radius 3 is 2.44 bits per heavy atom. The molecule has 0 aromatic heterocycles. The van der Waals surface area contributed by atoms with E-state index in [9.17, 15) is 23.2 Å². The third-order valence-corrected chi connectivity index (χ3v) is 5.36. The fraction of sp³-hybridized carbons (Fsp3) is 0.227. The molecule has 2 amide bonds. The van der Waals surface area contributed by atoms with Gasteiger partial charge in [0.2, 0.25) is 0 Å². The lowest BCUT2D eigenvalue weighted by Gasteiger charge is -2.13. The van der Waals surface area contributed by atoms with Gasteiger partial charge in [-0.25, -0.2) is 13.8 Å². The molecule has 1 aliphatic rings. The Kier molecular flexibility index (Phi) is 7.28. The van der Waals surface area contributed by atoms with E-state index < -0.39 is 29.4 Å². The molecule has 3 rings (SSSR count). The maximum Gasteiger partial charge on any atom is 0.271 e. The average molecular weight is 483 g/mol. The van der Waals surface area contributed by atoms with Crippen LogP contribution < -0.4 is 5.32 Å². The van der Waals surface area contributed by atoms with Crippen LogP contribution in [0.15, 0.2) is 36.4 Å². The summed E-state index contributed by atoms with van der Waals surface area (Å²) in [7, 11) is 0. The van der Waals surface area contributed by atoms with E-state index in [0.29, 0.717) is 12.1 Å². The Bertz CT molecular complexity index is 1110. The number of ketones is 1. The molecule has 1 N–H and O–H groups in total. The van der Waals surface area contributed by atoms with Crippen LogP contribution in [-0.4, -0.2) is 41.9 Å². The summed E-state index contributed by atoms with van der Waals surface area (Å²) >= 11 is 11.3. The lowest BCUT2D eigenvalue weighted by molar-refractivity contribution is -0.160. The number of hydroxylamine groups is 2. The van der Waals surface area contributed by atoms with E-state index >= 15 is 0 Å². The first-order chi connectivity index (χ1) is 15.1. The fourth-order valence-electron chi connectivity index (χ4n) is 3.11. The SMILES string of the molecule is CCN1OCC(NC(=O)c2ccc(C(=O)/C=C(/F)c3cc(Cl)c(F)c(Cl)c3)cc2C)C1=O. The number of rotatable bonds is 6. The number of nitrogens with one attached hydrogen (secondary N) is 1. The Morgan fingerprint density at radius 1 is 1.22 bits per heavy atom. The predicted molar refractivity (Wildman–Crippen MR) is 116 cm³/mol. The van der Waals surface area contributed by atoms with E-state index in [2.05, 4.69) is 5.32 Å². The van der Waals surface area contributed by atoms with Crippen molar-refractivity contribution in [3.05, 3.63) is 74.5 Å². The largest absolute Gasteiger partial charge is 0.338 e.